The van der Waals surface area contributed by atoms with E-state index in [1.54, 1.807) is 6.20 Å². The molecule has 2 aliphatic rings. The van der Waals surface area contributed by atoms with Gasteiger partial charge in [0, 0.05) is 26.8 Å². The van der Waals surface area contributed by atoms with Gasteiger partial charge < -0.3 is 10.2 Å². The summed E-state index contributed by atoms with van der Waals surface area (Å²) in [5.74, 6) is -0.287. The van der Waals surface area contributed by atoms with Crippen LogP contribution in [0.4, 0.5) is 5.82 Å². The van der Waals surface area contributed by atoms with Gasteiger partial charge in [-0.1, -0.05) is 12.8 Å². The molecule has 2 atom stereocenters. The number of fused-ring (bicyclic) bond motifs is 1. The van der Waals surface area contributed by atoms with Gasteiger partial charge in [0.25, 0.3) is 0 Å². The molecule has 0 aromatic carbocycles. The number of rotatable bonds is 5. The molecular formula is C18H24N4O3. The summed E-state index contributed by atoms with van der Waals surface area (Å²) in [7, 11) is 3.80. The summed E-state index contributed by atoms with van der Waals surface area (Å²) in [6, 6.07) is 3.72. The van der Waals surface area contributed by atoms with E-state index >= 15 is 0 Å². The van der Waals surface area contributed by atoms with Crippen LogP contribution < -0.4 is 10.2 Å². The molecule has 7 nitrogen and oxygen atoms in total. The van der Waals surface area contributed by atoms with Crippen molar-refractivity contribution in [2.24, 2.45) is 11.8 Å². The van der Waals surface area contributed by atoms with E-state index in [1.807, 2.05) is 31.1 Å². The molecule has 1 saturated heterocycles. The van der Waals surface area contributed by atoms with Gasteiger partial charge in [-0.3, -0.25) is 19.3 Å². The average molecular weight is 344 g/mol. The number of carbonyl (C=O) groups excluding carboxylic acids is 3. The molecule has 25 heavy (non-hydrogen) atoms. The first-order valence-electron chi connectivity index (χ1n) is 8.71. The standard InChI is InChI=1S/C18H24N4O3/c1-21(2)15-9-12(7-8-19-15)10-20-16(23)11-22-17(24)13-5-3-4-6-14(13)18(22)25/h7-9,13-14H,3-6,10-11H2,1-2H3,(H,20,23). The zero-order valence-corrected chi connectivity index (χ0v) is 14.7. The van der Waals surface area contributed by atoms with Gasteiger partial charge >= 0.3 is 0 Å². The molecule has 1 N–H and O–H groups in total. The topological polar surface area (TPSA) is 82.6 Å². The van der Waals surface area contributed by atoms with E-state index in [4.69, 9.17) is 0 Å². The number of hydrogen-bond donors (Lipinski definition) is 1. The number of amides is 3. The number of aromatic nitrogens is 1. The van der Waals surface area contributed by atoms with Crippen molar-refractivity contribution in [2.45, 2.75) is 32.2 Å². The monoisotopic (exact) mass is 344 g/mol. The third kappa shape index (κ3) is 3.65. The lowest BCUT2D eigenvalue weighted by molar-refractivity contribution is -0.143. The fourth-order valence-corrected chi connectivity index (χ4v) is 3.60. The first-order chi connectivity index (χ1) is 12.0. The molecule has 2 fully saturated rings. The highest BCUT2D eigenvalue weighted by molar-refractivity contribution is 6.07. The minimum Gasteiger partial charge on any atom is -0.363 e. The van der Waals surface area contributed by atoms with Crippen LogP contribution in [0.25, 0.3) is 0 Å². The third-order valence-corrected chi connectivity index (χ3v) is 4.99. The Morgan fingerprint density at radius 3 is 2.48 bits per heavy atom. The van der Waals surface area contributed by atoms with Crippen molar-refractivity contribution in [3.8, 4) is 0 Å². The second kappa shape index (κ2) is 7.21. The molecule has 0 radical (unpaired) electrons. The molecule has 2 unspecified atom stereocenters. The summed E-state index contributed by atoms with van der Waals surface area (Å²) < 4.78 is 0. The van der Waals surface area contributed by atoms with E-state index in [-0.39, 0.29) is 36.1 Å². The largest absolute Gasteiger partial charge is 0.363 e. The maximum absolute atomic E-state index is 12.4. The number of likely N-dealkylation sites (tertiary alicyclic amines) is 1. The van der Waals surface area contributed by atoms with Gasteiger partial charge in [0.05, 0.1) is 11.8 Å². The Labute approximate surface area is 147 Å². The van der Waals surface area contributed by atoms with Crippen molar-refractivity contribution in [1.29, 1.82) is 0 Å². The van der Waals surface area contributed by atoms with Crippen LogP contribution in [0.15, 0.2) is 18.3 Å². The minimum absolute atomic E-state index is 0.177. The molecule has 1 aliphatic carbocycles. The number of anilines is 1. The summed E-state index contributed by atoms with van der Waals surface area (Å²) >= 11 is 0. The second-order valence-corrected chi connectivity index (χ2v) is 6.95. The summed E-state index contributed by atoms with van der Waals surface area (Å²) in [4.78, 5) is 44.2. The molecule has 1 saturated carbocycles. The number of pyridine rings is 1. The van der Waals surface area contributed by atoms with Crippen molar-refractivity contribution < 1.29 is 14.4 Å². The smallest absolute Gasteiger partial charge is 0.240 e. The molecule has 2 heterocycles. The van der Waals surface area contributed by atoms with Crippen LogP contribution in [-0.2, 0) is 20.9 Å². The summed E-state index contributed by atoms with van der Waals surface area (Å²) in [6.45, 7) is 0.154. The van der Waals surface area contributed by atoms with Crippen LogP contribution in [0.3, 0.4) is 0 Å². The van der Waals surface area contributed by atoms with Crippen LogP contribution in [0, 0.1) is 11.8 Å². The maximum atomic E-state index is 12.4. The van der Waals surface area contributed by atoms with Gasteiger partial charge in [-0.2, -0.15) is 0 Å². The second-order valence-electron chi connectivity index (χ2n) is 6.95. The van der Waals surface area contributed by atoms with Gasteiger partial charge in [-0.25, -0.2) is 4.98 Å². The van der Waals surface area contributed by atoms with Crippen molar-refractivity contribution >= 4 is 23.5 Å². The van der Waals surface area contributed by atoms with Gasteiger partial charge in [-0.15, -0.1) is 0 Å². The van der Waals surface area contributed by atoms with Gasteiger partial charge in [0.15, 0.2) is 0 Å². The van der Waals surface area contributed by atoms with E-state index < -0.39 is 0 Å². The van der Waals surface area contributed by atoms with Crippen molar-refractivity contribution in [3.63, 3.8) is 0 Å². The SMILES string of the molecule is CN(C)c1cc(CNC(=O)CN2C(=O)C3CCCCC3C2=O)ccn1. The number of imide groups is 1. The van der Waals surface area contributed by atoms with E-state index in [2.05, 4.69) is 10.3 Å². The van der Waals surface area contributed by atoms with Crippen LogP contribution in [0.2, 0.25) is 0 Å². The number of nitrogens with one attached hydrogen (secondary N) is 1. The quantitative estimate of drug-likeness (QED) is 0.804. The number of nitrogens with zero attached hydrogens (tertiary/aromatic N) is 3. The van der Waals surface area contributed by atoms with Crippen molar-refractivity contribution in [1.82, 2.24) is 15.2 Å². The lowest BCUT2D eigenvalue weighted by Crippen LogP contribution is -2.40. The fourth-order valence-electron chi connectivity index (χ4n) is 3.60. The predicted molar refractivity (Wildman–Crippen MR) is 92.6 cm³/mol. The Hall–Kier alpha value is -2.44. The Morgan fingerprint density at radius 1 is 1.24 bits per heavy atom. The van der Waals surface area contributed by atoms with Gasteiger partial charge in [0.2, 0.25) is 17.7 Å². The lowest BCUT2D eigenvalue weighted by atomic mass is 9.81. The van der Waals surface area contributed by atoms with E-state index in [1.165, 1.54) is 0 Å². The van der Waals surface area contributed by atoms with Crippen LogP contribution >= 0.6 is 0 Å². The van der Waals surface area contributed by atoms with Gasteiger partial charge in [-0.05, 0) is 30.5 Å². The molecule has 3 rings (SSSR count). The fraction of sp³-hybridized carbons (Fsp3) is 0.556. The Balaban J connectivity index is 1.57. The summed E-state index contributed by atoms with van der Waals surface area (Å²) in [5, 5.41) is 2.78. The maximum Gasteiger partial charge on any atom is 0.240 e. The molecule has 3 amide bonds. The van der Waals surface area contributed by atoms with Crippen LogP contribution in [0.1, 0.15) is 31.2 Å². The highest BCUT2D eigenvalue weighted by Gasteiger charge is 2.48. The molecule has 1 aromatic heterocycles. The third-order valence-electron chi connectivity index (χ3n) is 4.99. The Bertz CT molecular complexity index is 665. The molecule has 1 aliphatic heterocycles. The summed E-state index contributed by atoms with van der Waals surface area (Å²) in [5.41, 5.74) is 0.916. The average Bonchev–Trinajstić information content (AvgIpc) is 2.85. The van der Waals surface area contributed by atoms with Crippen molar-refractivity contribution in [3.05, 3.63) is 23.9 Å². The molecule has 0 bridgehead atoms. The van der Waals surface area contributed by atoms with E-state index in [0.717, 1.165) is 42.0 Å². The normalized spacial score (nSPS) is 22.7. The van der Waals surface area contributed by atoms with E-state index in [0.29, 0.717) is 6.54 Å². The predicted octanol–water partition coefficient (Wildman–Crippen LogP) is 0.939. The van der Waals surface area contributed by atoms with Crippen LogP contribution in [-0.4, -0.2) is 48.2 Å². The first-order valence-corrected chi connectivity index (χ1v) is 8.71. The molecule has 1 aromatic rings. The molecule has 7 heteroatoms. The highest BCUT2D eigenvalue weighted by atomic mass is 16.2. The first kappa shape index (κ1) is 17.4. The minimum atomic E-state index is -0.316. The number of hydrogen-bond acceptors (Lipinski definition) is 5. The zero-order valence-electron chi connectivity index (χ0n) is 14.7. The number of carbonyl (C=O) groups is 3. The Morgan fingerprint density at radius 2 is 1.88 bits per heavy atom. The highest BCUT2D eigenvalue weighted by Crippen LogP contribution is 2.37. The van der Waals surface area contributed by atoms with E-state index in [9.17, 15) is 14.4 Å². The zero-order chi connectivity index (χ0) is 18.0. The van der Waals surface area contributed by atoms with Crippen LogP contribution in [0.5, 0.6) is 0 Å². The van der Waals surface area contributed by atoms with Gasteiger partial charge in [0.1, 0.15) is 12.4 Å². The molecular weight excluding hydrogens is 320 g/mol. The lowest BCUT2D eigenvalue weighted by Gasteiger charge is -2.19. The van der Waals surface area contributed by atoms with Crippen molar-refractivity contribution in [2.75, 3.05) is 25.5 Å². The summed E-state index contributed by atoms with van der Waals surface area (Å²) in [6.07, 6.45) is 5.18. The molecule has 134 valence electrons. The molecule has 0 spiro atoms. The Kier molecular flexibility index (Phi) is 5.01.